The summed E-state index contributed by atoms with van der Waals surface area (Å²) in [6, 6.07) is 0.366. The van der Waals surface area contributed by atoms with E-state index in [1.54, 1.807) is 0 Å². The monoisotopic (exact) mass is 302 g/mol. The van der Waals surface area contributed by atoms with E-state index in [1.807, 2.05) is 0 Å². The molecule has 0 aromatic rings. The fourth-order valence-corrected chi connectivity index (χ4v) is 3.67. The Labute approximate surface area is 129 Å². The fraction of sp³-hybridized carbons (Fsp3) is 0.938. The second kappa shape index (κ2) is 7.65. The Bertz CT molecular complexity index is 306. The van der Waals surface area contributed by atoms with E-state index in [0.29, 0.717) is 6.04 Å². The average molecular weight is 303 g/mol. The number of hydrogen-bond acceptors (Lipinski definition) is 2. The third-order valence-corrected chi connectivity index (χ3v) is 5.25. The molecule has 3 nitrogen and oxygen atoms in total. The van der Waals surface area contributed by atoms with E-state index < -0.39 is 5.54 Å². The van der Waals surface area contributed by atoms with Gasteiger partial charge in [-0.25, -0.2) is 0 Å². The third kappa shape index (κ3) is 4.36. The number of hydrogen-bond donors (Lipinski definition) is 2. The van der Waals surface area contributed by atoms with Crippen LogP contribution in [-0.2, 0) is 4.79 Å². The van der Waals surface area contributed by atoms with Gasteiger partial charge in [0.1, 0.15) is 0 Å². The maximum atomic E-state index is 12.4. The molecule has 0 heterocycles. The molecule has 20 heavy (non-hydrogen) atoms. The predicted octanol–water partition coefficient (Wildman–Crippen LogP) is 3.40. The minimum absolute atomic E-state index is 0. The summed E-state index contributed by atoms with van der Waals surface area (Å²) in [5.74, 6) is 1.73. The molecule has 4 heteroatoms. The van der Waals surface area contributed by atoms with Gasteiger partial charge in [-0.15, -0.1) is 12.4 Å². The van der Waals surface area contributed by atoms with Gasteiger partial charge in [0.05, 0.1) is 5.54 Å². The number of nitrogens with one attached hydrogen (secondary N) is 1. The van der Waals surface area contributed by atoms with Crippen molar-refractivity contribution in [1.29, 1.82) is 0 Å². The van der Waals surface area contributed by atoms with Crippen LogP contribution in [0.1, 0.15) is 71.6 Å². The van der Waals surface area contributed by atoms with Crippen LogP contribution in [0, 0.1) is 11.8 Å². The highest BCUT2D eigenvalue weighted by atomic mass is 35.5. The normalized spacial score (nSPS) is 29.6. The maximum Gasteiger partial charge on any atom is 0.240 e. The lowest BCUT2D eigenvalue weighted by atomic mass is 9.78. The van der Waals surface area contributed by atoms with Crippen molar-refractivity contribution >= 4 is 18.3 Å². The van der Waals surface area contributed by atoms with Gasteiger partial charge < -0.3 is 11.1 Å². The number of carbonyl (C=O) groups is 1. The highest BCUT2D eigenvalue weighted by Crippen LogP contribution is 2.31. The molecule has 1 amide bonds. The van der Waals surface area contributed by atoms with Gasteiger partial charge in [0, 0.05) is 6.04 Å². The van der Waals surface area contributed by atoms with Crippen LogP contribution < -0.4 is 11.1 Å². The van der Waals surface area contributed by atoms with Crippen LogP contribution in [0.5, 0.6) is 0 Å². The molecule has 2 rings (SSSR count). The third-order valence-electron chi connectivity index (χ3n) is 5.25. The van der Waals surface area contributed by atoms with Crippen molar-refractivity contribution in [2.45, 2.75) is 83.2 Å². The summed E-state index contributed by atoms with van der Waals surface area (Å²) in [7, 11) is 0. The quantitative estimate of drug-likeness (QED) is 0.839. The first-order valence-corrected chi connectivity index (χ1v) is 8.11. The molecule has 0 spiro atoms. The van der Waals surface area contributed by atoms with Crippen molar-refractivity contribution in [3.63, 3.8) is 0 Å². The molecule has 0 saturated heterocycles. The van der Waals surface area contributed by atoms with Gasteiger partial charge in [-0.05, 0) is 50.4 Å². The van der Waals surface area contributed by atoms with Gasteiger partial charge >= 0.3 is 0 Å². The molecular formula is C16H31ClN2O. The van der Waals surface area contributed by atoms with Crippen LogP contribution in [0.3, 0.4) is 0 Å². The maximum absolute atomic E-state index is 12.4. The Morgan fingerprint density at radius 3 is 2.15 bits per heavy atom. The lowest BCUT2D eigenvalue weighted by Crippen LogP contribution is -2.57. The lowest BCUT2D eigenvalue weighted by molar-refractivity contribution is -0.128. The molecule has 2 aliphatic rings. The van der Waals surface area contributed by atoms with E-state index in [0.717, 1.165) is 50.4 Å². The van der Waals surface area contributed by atoms with Crippen molar-refractivity contribution in [2.24, 2.45) is 17.6 Å². The molecule has 118 valence electrons. The van der Waals surface area contributed by atoms with Gasteiger partial charge in [-0.3, -0.25) is 4.79 Å². The summed E-state index contributed by atoms with van der Waals surface area (Å²) in [6.45, 7) is 4.61. The van der Waals surface area contributed by atoms with Crippen molar-refractivity contribution in [2.75, 3.05) is 0 Å². The summed E-state index contributed by atoms with van der Waals surface area (Å²) in [4.78, 5) is 12.4. The van der Waals surface area contributed by atoms with Crippen LogP contribution in [0.15, 0.2) is 0 Å². The molecule has 2 aliphatic carbocycles. The Hall–Kier alpha value is -0.280. The van der Waals surface area contributed by atoms with Crippen LogP contribution in [0.4, 0.5) is 0 Å². The first-order valence-electron chi connectivity index (χ1n) is 8.11. The van der Waals surface area contributed by atoms with Gasteiger partial charge in [-0.2, -0.15) is 0 Å². The first kappa shape index (κ1) is 17.8. The second-order valence-electron chi connectivity index (χ2n) is 7.05. The Morgan fingerprint density at radius 2 is 1.65 bits per heavy atom. The average Bonchev–Trinajstić information content (AvgIpc) is 2.40. The SMILES string of the molecule is CC(C)C1CCC(NC(=O)C2(N)CCCCC2)CC1.Cl. The minimum atomic E-state index is -0.576. The highest BCUT2D eigenvalue weighted by Gasteiger charge is 2.36. The van der Waals surface area contributed by atoms with E-state index in [-0.39, 0.29) is 18.3 Å². The standard InChI is InChI=1S/C16H30N2O.ClH/c1-12(2)13-6-8-14(9-7-13)18-15(19)16(17)10-4-3-5-11-16;/h12-14H,3-11,17H2,1-2H3,(H,18,19);1H. The number of rotatable bonds is 3. The van der Waals surface area contributed by atoms with Gasteiger partial charge in [0.15, 0.2) is 0 Å². The molecular weight excluding hydrogens is 272 g/mol. The van der Waals surface area contributed by atoms with Gasteiger partial charge in [0.25, 0.3) is 0 Å². The Kier molecular flexibility index (Phi) is 6.80. The Balaban J connectivity index is 0.00000200. The Morgan fingerprint density at radius 1 is 1.10 bits per heavy atom. The van der Waals surface area contributed by atoms with E-state index in [2.05, 4.69) is 19.2 Å². The van der Waals surface area contributed by atoms with Crippen LogP contribution >= 0.6 is 12.4 Å². The molecule has 0 aliphatic heterocycles. The second-order valence-corrected chi connectivity index (χ2v) is 7.05. The largest absolute Gasteiger partial charge is 0.352 e. The van der Waals surface area contributed by atoms with Crippen molar-refractivity contribution in [1.82, 2.24) is 5.32 Å². The molecule has 0 bridgehead atoms. The molecule has 0 aromatic carbocycles. The lowest BCUT2D eigenvalue weighted by Gasteiger charge is -2.36. The fourth-order valence-electron chi connectivity index (χ4n) is 3.67. The highest BCUT2D eigenvalue weighted by molar-refractivity contribution is 5.86. The van der Waals surface area contributed by atoms with Crippen molar-refractivity contribution in [3.8, 4) is 0 Å². The summed E-state index contributed by atoms with van der Waals surface area (Å²) in [6.07, 6.45) is 9.91. The van der Waals surface area contributed by atoms with Crippen molar-refractivity contribution < 1.29 is 4.79 Å². The summed E-state index contributed by atoms with van der Waals surface area (Å²) in [5, 5.41) is 3.22. The predicted molar refractivity (Wildman–Crippen MR) is 86.0 cm³/mol. The van der Waals surface area contributed by atoms with Crippen LogP contribution in [-0.4, -0.2) is 17.5 Å². The number of halogens is 1. The zero-order valence-corrected chi connectivity index (χ0v) is 13.8. The van der Waals surface area contributed by atoms with Crippen LogP contribution in [0.25, 0.3) is 0 Å². The van der Waals surface area contributed by atoms with E-state index >= 15 is 0 Å². The molecule has 2 fully saturated rings. The zero-order chi connectivity index (χ0) is 13.9. The zero-order valence-electron chi connectivity index (χ0n) is 13.0. The first-order chi connectivity index (χ1) is 9.01. The van der Waals surface area contributed by atoms with E-state index in [1.165, 1.54) is 19.3 Å². The minimum Gasteiger partial charge on any atom is -0.352 e. The summed E-state index contributed by atoms with van der Waals surface area (Å²) in [5.41, 5.74) is 5.71. The number of nitrogens with two attached hydrogens (primary N) is 1. The number of carbonyl (C=O) groups excluding carboxylic acids is 1. The summed E-state index contributed by atoms with van der Waals surface area (Å²) < 4.78 is 0. The molecule has 0 radical (unpaired) electrons. The van der Waals surface area contributed by atoms with Gasteiger partial charge in [0.2, 0.25) is 5.91 Å². The van der Waals surface area contributed by atoms with Gasteiger partial charge in [-0.1, -0.05) is 33.1 Å². The van der Waals surface area contributed by atoms with E-state index in [9.17, 15) is 4.79 Å². The van der Waals surface area contributed by atoms with E-state index in [4.69, 9.17) is 5.73 Å². The molecule has 0 atom stereocenters. The van der Waals surface area contributed by atoms with Crippen molar-refractivity contribution in [3.05, 3.63) is 0 Å². The molecule has 2 saturated carbocycles. The van der Waals surface area contributed by atoms with Crippen LogP contribution in [0.2, 0.25) is 0 Å². The number of amides is 1. The molecule has 0 aromatic heterocycles. The smallest absolute Gasteiger partial charge is 0.240 e. The molecule has 0 unspecified atom stereocenters. The molecule has 3 N–H and O–H groups in total. The summed E-state index contributed by atoms with van der Waals surface area (Å²) >= 11 is 0. The topological polar surface area (TPSA) is 55.1 Å².